The summed E-state index contributed by atoms with van der Waals surface area (Å²) in [6, 6.07) is 8.22. The van der Waals surface area contributed by atoms with E-state index < -0.39 is 10.8 Å². The van der Waals surface area contributed by atoms with E-state index in [0.29, 0.717) is 11.9 Å². The van der Waals surface area contributed by atoms with Crippen LogP contribution in [0.15, 0.2) is 24.3 Å². The Morgan fingerprint density at radius 3 is 2.74 bits per heavy atom. The van der Waals surface area contributed by atoms with Gasteiger partial charge in [-0.2, -0.15) is 0 Å². The molecule has 1 N–H and O–H groups in total. The molecule has 3 unspecified atom stereocenters. The number of hydrogen-bond acceptors (Lipinski definition) is 3. The molecule has 1 aromatic carbocycles. The summed E-state index contributed by atoms with van der Waals surface area (Å²) in [7, 11) is 1.14. The molecule has 0 bridgehead atoms. The number of fused-ring (bicyclic) bond motifs is 1. The van der Waals surface area contributed by atoms with Gasteiger partial charge in [-0.1, -0.05) is 31.0 Å². The Bertz CT molecular complexity index is 471. The molecular weight excluding hydrogens is 258 g/mol. The van der Waals surface area contributed by atoms with Gasteiger partial charge in [-0.05, 0) is 26.0 Å². The Hall–Kier alpha value is -0.870. The van der Waals surface area contributed by atoms with Crippen LogP contribution < -0.4 is 10.1 Å². The van der Waals surface area contributed by atoms with Crippen molar-refractivity contribution in [2.45, 2.75) is 42.2 Å². The van der Waals surface area contributed by atoms with E-state index in [-0.39, 0.29) is 11.3 Å². The zero-order valence-corrected chi connectivity index (χ0v) is 12.1. The zero-order chi connectivity index (χ0) is 13.2. The molecule has 0 spiro atoms. The molecule has 3 nitrogen and oxygen atoms in total. The third-order valence-corrected chi connectivity index (χ3v) is 6.40. The fourth-order valence-corrected chi connectivity index (χ4v) is 5.29. The molecule has 1 aromatic rings. The maximum atomic E-state index is 12.8. The van der Waals surface area contributed by atoms with Gasteiger partial charge in [0.2, 0.25) is 0 Å². The number of hydrogen-bond donors (Lipinski definition) is 1. The summed E-state index contributed by atoms with van der Waals surface area (Å²) < 4.78 is 18.6. The van der Waals surface area contributed by atoms with E-state index in [1.165, 1.54) is 12.8 Å². The van der Waals surface area contributed by atoms with Crippen molar-refractivity contribution in [1.29, 1.82) is 0 Å². The van der Waals surface area contributed by atoms with Crippen molar-refractivity contribution in [3.8, 4) is 5.75 Å². The first kappa shape index (κ1) is 13.1. The zero-order valence-electron chi connectivity index (χ0n) is 11.3. The molecule has 4 heteroatoms. The van der Waals surface area contributed by atoms with Crippen molar-refractivity contribution in [2.24, 2.45) is 0 Å². The van der Waals surface area contributed by atoms with Gasteiger partial charge < -0.3 is 10.1 Å². The first-order chi connectivity index (χ1) is 9.31. The van der Waals surface area contributed by atoms with Crippen molar-refractivity contribution >= 4 is 10.8 Å². The van der Waals surface area contributed by atoms with Crippen LogP contribution in [0.2, 0.25) is 0 Å². The van der Waals surface area contributed by atoms with Gasteiger partial charge in [-0.25, -0.2) is 0 Å². The number of rotatable bonds is 3. The number of para-hydroxylation sites is 1. The Kier molecular flexibility index (Phi) is 3.89. The minimum Gasteiger partial charge on any atom is -0.492 e. The molecule has 0 saturated heterocycles. The summed E-state index contributed by atoms with van der Waals surface area (Å²) in [5.74, 6) is 0.932. The van der Waals surface area contributed by atoms with E-state index in [1.807, 2.05) is 25.2 Å². The van der Waals surface area contributed by atoms with E-state index >= 15 is 0 Å². The van der Waals surface area contributed by atoms with Gasteiger partial charge in [0.15, 0.2) is 0 Å². The first-order valence-corrected chi connectivity index (χ1v) is 8.37. The molecule has 1 heterocycles. The average Bonchev–Trinajstić information content (AvgIpc) is 2.99. The van der Waals surface area contributed by atoms with Gasteiger partial charge in [0, 0.05) is 21.6 Å². The summed E-state index contributed by atoms with van der Waals surface area (Å²) in [5.41, 5.74) is 1.15. The van der Waals surface area contributed by atoms with Gasteiger partial charge in [0.1, 0.15) is 12.4 Å². The highest BCUT2D eigenvalue weighted by molar-refractivity contribution is 7.86. The highest BCUT2D eigenvalue weighted by Gasteiger charge is 2.37. The summed E-state index contributed by atoms with van der Waals surface area (Å²) in [5, 5.41) is 3.78. The monoisotopic (exact) mass is 279 g/mol. The standard InChI is InChI=1S/C15H21NO2S/c1-16-15-12-8-4-5-9-13(12)18-10-14(15)19(17)11-6-2-3-7-11/h4-5,8-9,11,14-16H,2-3,6-7,10H2,1H3. The highest BCUT2D eigenvalue weighted by Crippen LogP contribution is 2.36. The van der Waals surface area contributed by atoms with Crippen LogP contribution in [-0.4, -0.2) is 28.4 Å². The van der Waals surface area contributed by atoms with Crippen LogP contribution in [0.1, 0.15) is 37.3 Å². The Labute approximate surface area is 117 Å². The normalized spacial score (nSPS) is 28.7. The van der Waals surface area contributed by atoms with Crippen LogP contribution in [0.25, 0.3) is 0 Å². The molecule has 1 aliphatic heterocycles. The largest absolute Gasteiger partial charge is 0.492 e. The molecular formula is C15H21NO2S. The molecule has 0 aromatic heterocycles. The van der Waals surface area contributed by atoms with Gasteiger partial charge in [-0.15, -0.1) is 0 Å². The molecule has 3 atom stereocenters. The molecule has 0 amide bonds. The first-order valence-electron chi connectivity index (χ1n) is 7.09. The van der Waals surface area contributed by atoms with Crippen LogP contribution in [0.4, 0.5) is 0 Å². The molecule has 3 rings (SSSR count). The van der Waals surface area contributed by atoms with Crippen molar-refractivity contribution in [2.75, 3.05) is 13.7 Å². The minimum atomic E-state index is -0.807. The lowest BCUT2D eigenvalue weighted by Crippen LogP contribution is -2.43. The minimum absolute atomic E-state index is 0.0722. The molecule has 1 fully saturated rings. The topological polar surface area (TPSA) is 38.3 Å². The summed E-state index contributed by atoms with van der Waals surface area (Å²) in [6.07, 6.45) is 4.68. The van der Waals surface area contributed by atoms with Crippen LogP contribution in [-0.2, 0) is 10.8 Å². The molecule has 1 aliphatic carbocycles. The van der Waals surface area contributed by atoms with Crippen LogP contribution in [0, 0.1) is 0 Å². The summed E-state index contributed by atoms with van der Waals surface area (Å²) in [4.78, 5) is 0. The number of nitrogens with one attached hydrogen (secondary N) is 1. The van der Waals surface area contributed by atoms with Crippen molar-refractivity contribution in [1.82, 2.24) is 5.32 Å². The summed E-state index contributed by atoms with van der Waals surface area (Å²) >= 11 is 0. The predicted molar refractivity (Wildman–Crippen MR) is 77.9 cm³/mol. The van der Waals surface area contributed by atoms with Gasteiger partial charge >= 0.3 is 0 Å². The Balaban J connectivity index is 1.85. The molecule has 19 heavy (non-hydrogen) atoms. The average molecular weight is 279 g/mol. The maximum Gasteiger partial charge on any atom is 0.124 e. The fourth-order valence-electron chi connectivity index (χ4n) is 3.25. The van der Waals surface area contributed by atoms with Crippen molar-refractivity contribution in [3.63, 3.8) is 0 Å². The second-order valence-electron chi connectivity index (χ2n) is 5.39. The van der Waals surface area contributed by atoms with E-state index in [1.54, 1.807) is 0 Å². The molecule has 2 aliphatic rings. The molecule has 0 radical (unpaired) electrons. The second-order valence-corrected chi connectivity index (χ2v) is 7.32. The predicted octanol–water partition coefficient (Wildman–Crippen LogP) is 2.40. The van der Waals surface area contributed by atoms with Gasteiger partial charge in [0.05, 0.1) is 11.3 Å². The lowest BCUT2D eigenvalue weighted by atomic mass is 10.0. The molecule has 104 valence electrons. The lowest BCUT2D eigenvalue weighted by Gasteiger charge is -2.34. The van der Waals surface area contributed by atoms with Crippen molar-refractivity contribution in [3.05, 3.63) is 29.8 Å². The fraction of sp³-hybridized carbons (Fsp3) is 0.600. The Morgan fingerprint density at radius 1 is 1.26 bits per heavy atom. The van der Waals surface area contributed by atoms with E-state index in [4.69, 9.17) is 4.74 Å². The Morgan fingerprint density at radius 2 is 2.00 bits per heavy atom. The van der Waals surface area contributed by atoms with Gasteiger partial charge in [-0.3, -0.25) is 4.21 Å². The number of benzene rings is 1. The SMILES string of the molecule is CNC1c2ccccc2OCC1S(=O)C1CCCC1. The van der Waals surface area contributed by atoms with Crippen LogP contribution in [0.3, 0.4) is 0 Å². The third-order valence-electron chi connectivity index (χ3n) is 4.27. The number of ether oxygens (including phenoxy) is 1. The van der Waals surface area contributed by atoms with Crippen LogP contribution in [0.5, 0.6) is 5.75 Å². The highest BCUT2D eigenvalue weighted by atomic mass is 32.2. The molecule has 1 saturated carbocycles. The summed E-state index contributed by atoms with van der Waals surface area (Å²) in [6.45, 7) is 0.561. The van der Waals surface area contributed by atoms with E-state index in [2.05, 4.69) is 11.4 Å². The van der Waals surface area contributed by atoms with E-state index in [0.717, 1.165) is 24.2 Å². The van der Waals surface area contributed by atoms with Crippen LogP contribution >= 0.6 is 0 Å². The van der Waals surface area contributed by atoms with E-state index in [9.17, 15) is 4.21 Å². The quantitative estimate of drug-likeness (QED) is 0.923. The smallest absolute Gasteiger partial charge is 0.124 e. The third kappa shape index (κ3) is 2.43. The van der Waals surface area contributed by atoms with Gasteiger partial charge in [0.25, 0.3) is 0 Å². The lowest BCUT2D eigenvalue weighted by molar-refractivity contribution is 0.261. The van der Waals surface area contributed by atoms with Crippen molar-refractivity contribution < 1.29 is 8.95 Å². The maximum absolute atomic E-state index is 12.8. The second kappa shape index (κ2) is 5.63.